The van der Waals surface area contributed by atoms with Gasteiger partial charge in [0.2, 0.25) is 6.79 Å². The lowest BCUT2D eigenvalue weighted by Crippen LogP contribution is -2.27. The summed E-state index contributed by atoms with van der Waals surface area (Å²) in [5.41, 5.74) is 1.73. The van der Waals surface area contributed by atoms with Crippen molar-refractivity contribution in [2.24, 2.45) is 0 Å². The maximum atomic E-state index is 12.8. The van der Waals surface area contributed by atoms with Crippen molar-refractivity contribution in [3.63, 3.8) is 0 Å². The van der Waals surface area contributed by atoms with Crippen LogP contribution in [0, 0.1) is 0 Å². The molecule has 1 aliphatic rings. The molecule has 0 spiro atoms. The van der Waals surface area contributed by atoms with Gasteiger partial charge in [0.1, 0.15) is 0 Å². The number of nitrogens with one attached hydrogen (secondary N) is 2. The maximum absolute atomic E-state index is 12.8. The van der Waals surface area contributed by atoms with Gasteiger partial charge in [-0.3, -0.25) is 9.52 Å². The molecule has 160 valence electrons. The van der Waals surface area contributed by atoms with Gasteiger partial charge in [-0.05, 0) is 41.8 Å². The number of rotatable bonds is 7. The summed E-state index contributed by atoms with van der Waals surface area (Å²) < 4.78 is 38.6. The Morgan fingerprint density at radius 3 is 2.55 bits per heavy atom. The number of ether oxygens (including phenoxy) is 2. The molecule has 4 rings (SSSR count). The summed E-state index contributed by atoms with van der Waals surface area (Å²) in [6.45, 7) is 2.56. The average molecular weight is 439 g/mol. The first-order valence-electron chi connectivity index (χ1n) is 9.78. The third kappa shape index (κ3) is 4.80. The van der Waals surface area contributed by atoms with Crippen molar-refractivity contribution in [2.75, 3.05) is 18.1 Å². The quantitative estimate of drug-likeness (QED) is 0.586. The van der Waals surface area contributed by atoms with E-state index in [2.05, 4.69) is 10.0 Å². The smallest absolute Gasteiger partial charge is 0.261 e. The highest BCUT2D eigenvalue weighted by atomic mass is 32.2. The molecule has 1 aliphatic heterocycles. The largest absolute Gasteiger partial charge is 0.454 e. The molecule has 7 nitrogen and oxygen atoms in total. The Morgan fingerprint density at radius 1 is 0.968 bits per heavy atom. The topological polar surface area (TPSA) is 93.7 Å². The lowest BCUT2D eigenvalue weighted by molar-refractivity contribution is 0.0951. The highest BCUT2D eigenvalue weighted by molar-refractivity contribution is 7.92. The van der Waals surface area contributed by atoms with Gasteiger partial charge in [-0.2, -0.15) is 0 Å². The van der Waals surface area contributed by atoms with Crippen LogP contribution in [0.3, 0.4) is 0 Å². The second kappa shape index (κ2) is 8.69. The third-order valence-electron chi connectivity index (χ3n) is 4.97. The molecule has 31 heavy (non-hydrogen) atoms. The van der Waals surface area contributed by atoms with E-state index >= 15 is 0 Å². The van der Waals surface area contributed by atoms with E-state index in [0.717, 1.165) is 5.56 Å². The van der Waals surface area contributed by atoms with Crippen LogP contribution < -0.4 is 19.5 Å². The van der Waals surface area contributed by atoms with E-state index in [4.69, 9.17) is 9.47 Å². The molecule has 0 unspecified atom stereocenters. The minimum absolute atomic E-state index is 0.00563. The van der Waals surface area contributed by atoms with Gasteiger partial charge in [0.25, 0.3) is 15.9 Å². The van der Waals surface area contributed by atoms with Crippen LogP contribution in [0.15, 0.2) is 77.7 Å². The molecule has 3 aromatic carbocycles. The number of hydrogen-bond donors (Lipinski definition) is 2. The first-order chi connectivity index (χ1) is 14.9. The number of fused-ring (bicyclic) bond motifs is 1. The van der Waals surface area contributed by atoms with Gasteiger partial charge in [-0.1, -0.05) is 43.3 Å². The van der Waals surface area contributed by atoms with Gasteiger partial charge < -0.3 is 14.8 Å². The van der Waals surface area contributed by atoms with Gasteiger partial charge in [0.05, 0.1) is 10.6 Å². The Kier molecular flexibility index (Phi) is 5.81. The monoisotopic (exact) mass is 438 g/mol. The second-order valence-corrected chi connectivity index (χ2v) is 8.91. The Hall–Kier alpha value is -3.52. The molecule has 0 bridgehead atoms. The lowest BCUT2D eigenvalue weighted by Gasteiger charge is -2.14. The van der Waals surface area contributed by atoms with Crippen molar-refractivity contribution in [1.29, 1.82) is 0 Å². The van der Waals surface area contributed by atoms with E-state index in [-0.39, 0.29) is 29.1 Å². The Labute approximate surface area is 181 Å². The molecule has 8 heteroatoms. The Balaban J connectivity index is 1.45. The highest BCUT2D eigenvalue weighted by Gasteiger charge is 2.19. The van der Waals surface area contributed by atoms with Crippen LogP contribution in [0.25, 0.3) is 0 Å². The number of amides is 1. The molecule has 1 heterocycles. The normalized spacial score (nSPS) is 13.5. The number of anilines is 1. The first-order valence-corrected chi connectivity index (χ1v) is 11.3. The summed E-state index contributed by atoms with van der Waals surface area (Å²) in [5.74, 6) is 0.833. The average Bonchev–Trinajstić information content (AvgIpc) is 3.25. The van der Waals surface area contributed by atoms with Crippen molar-refractivity contribution in [2.45, 2.75) is 17.7 Å². The van der Waals surface area contributed by atoms with Gasteiger partial charge in [0, 0.05) is 18.2 Å². The van der Waals surface area contributed by atoms with E-state index in [1.165, 1.54) is 12.1 Å². The molecule has 3 aromatic rings. The van der Waals surface area contributed by atoms with Gasteiger partial charge in [-0.25, -0.2) is 8.42 Å². The van der Waals surface area contributed by atoms with Crippen LogP contribution in [0.4, 0.5) is 5.69 Å². The second-order valence-electron chi connectivity index (χ2n) is 7.22. The number of benzene rings is 3. The molecule has 1 atom stereocenters. The minimum Gasteiger partial charge on any atom is -0.454 e. The zero-order valence-electron chi connectivity index (χ0n) is 16.9. The fraction of sp³-hybridized carbons (Fsp3) is 0.174. The Morgan fingerprint density at radius 2 is 1.74 bits per heavy atom. The van der Waals surface area contributed by atoms with Crippen molar-refractivity contribution in [3.8, 4) is 11.5 Å². The molecule has 0 aliphatic carbocycles. The van der Waals surface area contributed by atoms with Crippen LogP contribution in [0.1, 0.15) is 28.8 Å². The summed E-state index contributed by atoms with van der Waals surface area (Å²) in [6.07, 6.45) is 0. The molecule has 0 aromatic heterocycles. The maximum Gasteiger partial charge on any atom is 0.261 e. The van der Waals surface area contributed by atoms with Crippen LogP contribution in [0.2, 0.25) is 0 Å². The third-order valence-corrected chi connectivity index (χ3v) is 6.35. The van der Waals surface area contributed by atoms with Gasteiger partial charge in [0.15, 0.2) is 11.5 Å². The number of hydrogen-bond acceptors (Lipinski definition) is 5. The van der Waals surface area contributed by atoms with Crippen molar-refractivity contribution >= 4 is 21.6 Å². The van der Waals surface area contributed by atoms with Crippen LogP contribution in [-0.4, -0.2) is 27.7 Å². The SMILES string of the molecule is C[C@@H](CNC(=O)c1cccc(S(=O)(=O)Nc2ccc3c(c2)OCO3)c1)c1ccccc1. The summed E-state index contributed by atoms with van der Waals surface area (Å²) >= 11 is 0. The molecule has 0 fully saturated rings. The van der Waals surface area contributed by atoms with Crippen molar-refractivity contribution in [1.82, 2.24) is 5.32 Å². The predicted molar refractivity (Wildman–Crippen MR) is 117 cm³/mol. The molecule has 2 N–H and O–H groups in total. The summed E-state index contributed by atoms with van der Waals surface area (Å²) in [4.78, 5) is 12.6. The summed E-state index contributed by atoms with van der Waals surface area (Å²) in [5, 5.41) is 2.87. The molecular weight excluding hydrogens is 416 g/mol. The highest BCUT2D eigenvalue weighted by Crippen LogP contribution is 2.34. The zero-order valence-corrected chi connectivity index (χ0v) is 17.7. The molecule has 0 saturated carbocycles. The molecule has 0 radical (unpaired) electrons. The summed E-state index contributed by atoms with van der Waals surface area (Å²) in [7, 11) is -3.89. The molecule has 1 amide bonds. The fourth-order valence-corrected chi connectivity index (χ4v) is 4.32. The van der Waals surface area contributed by atoms with Crippen molar-refractivity contribution in [3.05, 3.63) is 83.9 Å². The van der Waals surface area contributed by atoms with E-state index < -0.39 is 10.0 Å². The van der Waals surface area contributed by atoms with E-state index in [9.17, 15) is 13.2 Å². The summed E-state index contributed by atoms with van der Waals surface area (Å²) in [6, 6.07) is 20.6. The van der Waals surface area contributed by atoms with Crippen molar-refractivity contribution < 1.29 is 22.7 Å². The zero-order chi connectivity index (χ0) is 21.8. The molecular formula is C23H22N2O5S. The first kappa shape index (κ1) is 20.7. The standard InChI is InChI=1S/C23H22N2O5S/c1-16(17-6-3-2-4-7-17)14-24-23(26)18-8-5-9-20(12-18)31(27,28)25-19-10-11-21-22(13-19)30-15-29-21/h2-13,16,25H,14-15H2,1H3,(H,24,26)/t16-/m0/s1. The van der Waals surface area contributed by atoms with Gasteiger partial charge in [-0.15, -0.1) is 0 Å². The lowest BCUT2D eigenvalue weighted by atomic mass is 10.0. The predicted octanol–water partition coefficient (Wildman–Crippen LogP) is 3.75. The number of carbonyl (C=O) groups excluding carboxylic acids is 1. The fourth-order valence-electron chi connectivity index (χ4n) is 3.23. The van der Waals surface area contributed by atoms with Crippen LogP contribution in [-0.2, 0) is 10.0 Å². The van der Waals surface area contributed by atoms with E-state index in [0.29, 0.717) is 23.7 Å². The number of carbonyl (C=O) groups is 1. The van der Waals surface area contributed by atoms with E-state index in [1.54, 1.807) is 30.3 Å². The van der Waals surface area contributed by atoms with Crippen LogP contribution in [0.5, 0.6) is 11.5 Å². The molecule has 0 saturated heterocycles. The van der Waals surface area contributed by atoms with Gasteiger partial charge >= 0.3 is 0 Å². The Bertz CT molecular complexity index is 1200. The minimum atomic E-state index is -3.89. The van der Waals surface area contributed by atoms with Crippen LogP contribution >= 0.6 is 0 Å². The number of sulfonamides is 1. The van der Waals surface area contributed by atoms with E-state index in [1.807, 2.05) is 37.3 Å².